The molecule has 158 valence electrons. The van der Waals surface area contributed by atoms with E-state index in [0.717, 1.165) is 5.56 Å². The first-order valence-corrected chi connectivity index (χ1v) is 11.0. The summed E-state index contributed by atoms with van der Waals surface area (Å²) in [7, 11) is -1.80. The summed E-state index contributed by atoms with van der Waals surface area (Å²) in [6.07, 6.45) is 0. The first-order valence-electron chi connectivity index (χ1n) is 9.54. The summed E-state index contributed by atoms with van der Waals surface area (Å²) in [5, 5.41) is 11.6. The highest BCUT2D eigenvalue weighted by Gasteiger charge is 2.26. The monoisotopic (exact) mass is 428 g/mol. The van der Waals surface area contributed by atoms with Gasteiger partial charge in [-0.05, 0) is 42.9 Å². The number of carbonyl (C=O) groups is 1. The number of hydrogen-bond acceptors (Lipinski definition) is 6. The van der Waals surface area contributed by atoms with Gasteiger partial charge in [0.2, 0.25) is 15.9 Å². The molecule has 1 saturated heterocycles. The second kappa shape index (κ2) is 9.82. The molecule has 1 heterocycles. The van der Waals surface area contributed by atoms with Crippen molar-refractivity contribution in [2.75, 3.05) is 45.2 Å². The minimum absolute atomic E-state index is 0.139. The molecule has 0 aromatic heterocycles. The van der Waals surface area contributed by atoms with Crippen LogP contribution in [0.4, 0.5) is 5.69 Å². The van der Waals surface area contributed by atoms with Gasteiger partial charge in [0.25, 0.3) is 0 Å². The van der Waals surface area contributed by atoms with Crippen LogP contribution in [0.2, 0.25) is 0 Å². The number of benzene rings is 2. The fourth-order valence-electron chi connectivity index (χ4n) is 3.17. The van der Waals surface area contributed by atoms with Gasteiger partial charge in [-0.25, -0.2) is 8.42 Å². The molecule has 30 heavy (non-hydrogen) atoms. The van der Waals surface area contributed by atoms with E-state index in [2.05, 4.69) is 11.4 Å². The number of amides is 1. The molecule has 0 atom stereocenters. The second-order valence-corrected chi connectivity index (χ2v) is 9.01. The van der Waals surface area contributed by atoms with E-state index in [-0.39, 0.29) is 17.3 Å². The maximum absolute atomic E-state index is 12.8. The Labute approximate surface area is 176 Å². The van der Waals surface area contributed by atoms with E-state index < -0.39 is 10.0 Å². The highest BCUT2D eigenvalue weighted by Crippen LogP contribution is 2.20. The van der Waals surface area contributed by atoms with Crippen molar-refractivity contribution in [2.24, 2.45) is 0 Å². The van der Waals surface area contributed by atoms with Gasteiger partial charge in [-0.1, -0.05) is 18.2 Å². The number of ether oxygens (including phenoxy) is 1. The lowest BCUT2D eigenvalue weighted by Crippen LogP contribution is -2.40. The fourth-order valence-corrected chi connectivity index (χ4v) is 4.62. The van der Waals surface area contributed by atoms with Gasteiger partial charge in [-0.2, -0.15) is 9.57 Å². The summed E-state index contributed by atoms with van der Waals surface area (Å²) >= 11 is 0. The number of nitrogens with one attached hydrogen (secondary N) is 1. The predicted octanol–water partition coefficient (Wildman–Crippen LogP) is 1.65. The number of nitriles is 1. The Morgan fingerprint density at radius 3 is 2.57 bits per heavy atom. The number of morpholine rings is 1. The molecule has 1 amide bonds. The quantitative estimate of drug-likeness (QED) is 0.719. The number of rotatable bonds is 7. The Morgan fingerprint density at radius 1 is 1.20 bits per heavy atom. The number of nitrogens with zero attached hydrogens (tertiary/aromatic N) is 3. The zero-order valence-electron chi connectivity index (χ0n) is 16.7. The van der Waals surface area contributed by atoms with Crippen molar-refractivity contribution in [2.45, 2.75) is 11.4 Å². The Balaban J connectivity index is 1.59. The molecule has 1 fully saturated rings. The molecular weight excluding hydrogens is 404 g/mol. The molecule has 0 radical (unpaired) electrons. The molecule has 1 aliphatic heterocycles. The smallest absolute Gasteiger partial charge is 0.243 e. The minimum atomic E-state index is -3.62. The molecular formula is C21H24N4O4S. The van der Waals surface area contributed by atoms with Crippen LogP contribution in [0.1, 0.15) is 11.1 Å². The van der Waals surface area contributed by atoms with Crippen LogP contribution in [0.15, 0.2) is 53.4 Å². The number of anilines is 1. The van der Waals surface area contributed by atoms with E-state index in [1.54, 1.807) is 24.3 Å². The van der Waals surface area contributed by atoms with Crippen molar-refractivity contribution in [3.63, 3.8) is 0 Å². The summed E-state index contributed by atoms with van der Waals surface area (Å²) in [5.74, 6) is -0.243. The number of sulfonamides is 1. The van der Waals surface area contributed by atoms with Gasteiger partial charge in [-0.15, -0.1) is 0 Å². The summed E-state index contributed by atoms with van der Waals surface area (Å²) in [6.45, 7) is 2.08. The van der Waals surface area contributed by atoms with E-state index in [1.165, 1.54) is 16.4 Å². The van der Waals surface area contributed by atoms with Crippen molar-refractivity contribution in [1.29, 1.82) is 5.26 Å². The van der Waals surface area contributed by atoms with Gasteiger partial charge < -0.3 is 10.1 Å². The van der Waals surface area contributed by atoms with Gasteiger partial charge in [0.1, 0.15) is 0 Å². The molecule has 3 rings (SSSR count). The average Bonchev–Trinajstić information content (AvgIpc) is 2.75. The normalized spacial score (nSPS) is 15.0. The highest BCUT2D eigenvalue weighted by atomic mass is 32.2. The average molecular weight is 429 g/mol. The largest absolute Gasteiger partial charge is 0.379 e. The summed E-state index contributed by atoms with van der Waals surface area (Å²) in [4.78, 5) is 14.4. The third-order valence-electron chi connectivity index (χ3n) is 4.67. The molecule has 0 spiro atoms. The van der Waals surface area contributed by atoms with Crippen molar-refractivity contribution < 1.29 is 17.9 Å². The lowest BCUT2D eigenvalue weighted by atomic mass is 10.1. The van der Waals surface area contributed by atoms with Crippen LogP contribution in [0, 0.1) is 11.3 Å². The van der Waals surface area contributed by atoms with Crippen LogP contribution in [0.3, 0.4) is 0 Å². The van der Waals surface area contributed by atoms with E-state index in [1.807, 2.05) is 24.1 Å². The SMILES string of the molecule is CN(CC(=O)Nc1cccc(S(=O)(=O)N2CCOCC2)c1)Cc1ccc(C#N)cc1. The van der Waals surface area contributed by atoms with Gasteiger partial charge >= 0.3 is 0 Å². The molecule has 2 aromatic rings. The predicted molar refractivity (Wildman–Crippen MR) is 112 cm³/mol. The maximum Gasteiger partial charge on any atom is 0.243 e. The molecule has 0 aliphatic carbocycles. The lowest BCUT2D eigenvalue weighted by molar-refractivity contribution is -0.117. The molecule has 1 N–H and O–H groups in total. The molecule has 2 aromatic carbocycles. The van der Waals surface area contributed by atoms with Crippen molar-refractivity contribution in [3.8, 4) is 6.07 Å². The molecule has 1 aliphatic rings. The molecule has 8 nitrogen and oxygen atoms in total. The topological polar surface area (TPSA) is 103 Å². The molecule has 0 bridgehead atoms. The lowest BCUT2D eigenvalue weighted by Gasteiger charge is -2.26. The standard InChI is InChI=1S/C21H24N4O4S/c1-24(15-18-7-5-17(14-22)6-8-18)16-21(26)23-19-3-2-4-20(13-19)30(27,28)25-9-11-29-12-10-25/h2-8,13H,9-12,15-16H2,1H3,(H,23,26). The Bertz CT molecular complexity index is 1030. The third kappa shape index (κ3) is 5.64. The Kier molecular flexibility index (Phi) is 7.18. The fraction of sp³-hybridized carbons (Fsp3) is 0.333. The van der Waals surface area contributed by atoms with E-state index in [9.17, 15) is 13.2 Å². The second-order valence-electron chi connectivity index (χ2n) is 7.07. The first kappa shape index (κ1) is 21.9. The van der Waals surface area contributed by atoms with Gasteiger partial charge in [0, 0.05) is 25.3 Å². The Morgan fingerprint density at radius 2 is 1.90 bits per heavy atom. The first-order chi connectivity index (χ1) is 14.4. The molecule has 0 saturated carbocycles. The highest BCUT2D eigenvalue weighted by molar-refractivity contribution is 7.89. The van der Waals surface area contributed by atoms with Gasteiger partial charge in [0.15, 0.2) is 0 Å². The van der Waals surface area contributed by atoms with Crippen molar-refractivity contribution in [3.05, 3.63) is 59.7 Å². The van der Waals surface area contributed by atoms with Gasteiger partial charge in [-0.3, -0.25) is 9.69 Å². The molecule has 0 unspecified atom stereocenters. The Hall–Kier alpha value is -2.77. The number of carbonyl (C=O) groups excluding carboxylic acids is 1. The van der Waals surface area contributed by atoms with E-state index in [0.29, 0.717) is 44.1 Å². The minimum Gasteiger partial charge on any atom is -0.379 e. The van der Waals surface area contributed by atoms with Gasteiger partial charge in [0.05, 0.1) is 36.3 Å². The van der Waals surface area contributed by atoms with Crippen LogP contribution in [-0.2, 0) is 26.1 Å². The summed E-state index contributed by atoms with van der Waals surface area (Å²) < 4.78 is 32.2. The zero-order valence-corrected chi connectivity index (χ0v) is 17.6. The van der Waals surface area contributed by atoms with Crippen molar-refractivity contribution in [1.82, 2.24) is 9.21 Å². The third-order valence-corrected chi connectivity index (χ3v) is 6.57. The van der Waals surface area contributed by atoms with E-state index >= 15 is 0 Å². The number of hydrogen-bond donors (Lipinski definition) is 1. The van der Waals surface area contributed by atoms with Crippen LogP contribution >= 0.6 is 0 Å². The van der Waals surface area contributed by atoms with Crippen LogP contribution in [0.5, 0.6) is 0 Å². The summed E-state index contributed by atoms with van der Waals surface area (Å²) in [5.41, 5.74) is 2.01. The van der Waals surface area contributed by atoms with Crippen LogP contribution < -0.4 is 5.32 Å². The van der Waals surface area contributed by atoms with Crippen LogP contribution in [0.25, 0.3) is 0 Å². The van der Waals surface area contributed by atoms with Crippen LogP contribution in [-0.4, -0.2) is 63.4 Å². The van der Waals surface area contributed by atoms with E-state index in [4.69, 9.17) is 10.00 Å². The zero-order chi connectivity index (χ0) is 21.6. The summed E-state index contributed by atoms with van der Waals surface area (Å²) in [6, 6.07) is 15.5. The van der Waals surface area contributed by atoms with Crippen molar-refractivity contribution >= 4 is 21.6 Å². The molecule has 9 heteroatoms. The number of likely N-dealkylation sites (N-methyl/N-ethyl adjacent to an activating group) is 1. The maximum atomic E-state index is 12.8.